The molecule has 122 valence electrons. The first kappa shape index (κ1) is 15.7. The second kappa shape index (κ2) is 6.95. The van der Waals surface area contributed by atoms with E-state index in [1.165, 1.54) is 51.6 Å². The number of likely N-dealkylation sites (tertiary alicyclic amines) is 1. The van der Waals surface area contributed by atoms with Gasteiger partial charge in [-0.15, -0.1) is 0 Å². The number of nitrogens with one attached hydrogen (secondary N) is 1. The summed E-state index contributed by atoms with van der Waals surface area (Å²) >= 11 is 0. The molecule has 0 aromatic rings. The van der Waals surface area contributed by atoms with Crippen LogP contribution in [0.2, 0.25) is 0 Å². The van der Waals surface area contributed by atoms with Crippen LogP contribution in [0.1, 0.15) is 45.4 Å². The first-order chi connectivity index (χ1) is 10.2. The van der Waals surface area contributed by atoms with E-state index in [-0.39, 0.29) is 12.0 Å². The Morgan fingerprint density at radius 1 is 1.19 bits per heavy atom. The molecule has 0 aromatic carbocycles. The Morgan fingerprint density at radius 2 is 1.95 bits per heavy atom. The molecular weight excluding hydrogens is 264 g/mol. The maximum absolute atomic E-state index is 9.47. The SMILES string of the molecule is CC1CCCC(N2CCC(NCC3(CO)COC3)CC2)C1. The van der Waals surface area contributed by atoms with Crippen molar-refractivity contribution in [2.24, 2.45) is 11.3 Å². The van der Waals surface area contributed by atoms with Crippen molar-refractivity contribution < 1.29 is 9.84 Å². The van der Waals surface area contributed by atoms with Crippen LogP contribution in [0.3, 0.4) is 0 Å². The van der Waals surface area contributed by atoms with Crippen LogP contribution in [0.25, 0.3) is 0 Å². The van der Waals surface area contributed by atoms with Crippen molar-refractivity contribution in [3.8, 4) is 0 Å². The minimum Gasteiger partial charge on any atom is -0.396 e. The Kier molecular flexibility index (Phi) is 5.20. The number of hydrogen-bond donors (Lipinski definition) is 2. The summed E-state index contributed by atoms with van der Waals surface area (Å²) in [6, 6.07) is 1.48. The molecule has 2 N–H and O–H groups in total. The van der Waals surface area contributed by atoms with Crippen LogP contribution in [0.5, 0.6) is 0 Å². The predicted molar refractivity (Wildman–Crippen MR) is 84.4 cm³/mol. The average molecular weight is 296 g/mol. The van der Waals surface area contributed by atoms with Gasteiger partial charge in [0.15, 0.2) is 0 Å². The van der Waals surface area contributed by atoms with Crippen LogP contribution < -0.4 is 5.32 Å². The molecule has 0 aromatic heterocycles. The lowest BCUT2D eigenvalue weighted by Gasteiger charge is -2.43. The Balaban J connectivity index is 1.38. The molecular formula is C17H32N2O2. The van der Waals surface area contributed by atoms with Crippen LogP contribution in [0.15, 0.2) is 0 Å². The van der Waals surface area contributed by atoms with Crippen LogP contribution in [0.4, 0.5) is 0 Å². The monoisotopic (exact) mass is 296 g/mol. The van der Waals surface area contributed by atoms with Gasteiger partial charge >= 0.3 is 0 Å². The molecule has 2 heterocycles. The lowest BCUT2D eigenvalue weighted by Crippen LogP contribution is -2.55. The van der Waals surface area contributed by atoms with E-state index in [0.717, 1.165) is 31.7 Å². The fraction of sp³-hybridized carbons (Fsp3) is 1.00. The quantitative estimate of drug-likeness (QED) is 0.809. The second-order valence-electron chi connectivity index (χ2n) is 7.77. The predicted octanol–water partition coefficient (Wildman–Crippen LogP) is 1.63. The van der Waals surface area contributed by atoms with Crippen LogP contribution in [-0.4, -0.2) is 61.5 Å². The summed E-state index contributed by atoms with van der Waals surface area (Å²) in [4.78, 5) is 2.74. The first-order valence-corrected chi connectivity index (χ1v) is 8.87. The van der Waals surface area contributed by atoms with E-state index in [1.54, 1.807) is 0 Å². The lowest BCUT2D eigenvalue weighted by molar-refractivity contribution is -0.135. The summed E-state index contributed by atoms with van der Waals surface area (Å²) < 4.78 is 5.27. The van der Waals surface area contributed by atoms with Gasteiger partial charge in [-0.2, -0.15) is 0 Å². The molecule has 1 saturated carbocycles. The third kappa shape index (κ3) is 3.79. The van der Waals surface area contributed by atoms with Crippen LogP contribution >= 0.6 is 0 Å². The Labute approximate surface area is 129 Å². The number of ether oxygens (including phenoxy) is 1. The van der Waals surface area contributed by atoms with Gasteiger partial charge < -0.3 is 20.1 Å². The van der Waals surface area contributed by atoms with Gasteiger partial charge in [0.1, 0.15) is 0 Å². The lowest BCUT2D eigenvalue weighted by atomic mass is 9.85. The smallest absolute Gasteiger partial charge is 0.0579 e. The van der Waals surface area contributed by atoms with Crippen molar-refractivity contribution in [3.05, 3.63) is 0 Å². The Bertz CT molecular complexity index is 319. The number of hydrogen-bond acceptors (Lipinski definition) is 4. The Hall–Kier alpha value is -0.160. The van der Waals surface area contributed by atoms with Gasteiger partial charge in [0.25, 0.3) is 0 Å². The molecule has 0 radical (unpaired) electrons. The maximum Gasteiger partial charge on any atom is 0.0579 e. The van der Waals surface area contributed by atoms with E-state index in [2.05, 4.69) is 17.1 Å². The molecule has 0 spiro atoms. The fourth-order valence-corrected chi connectivity index (χ4v) is 4.20. The largest absolute Gasteiger partial charge is 0.396 e. The summed E-state index contributed by atoms with van der Waals surface area (Å²) in [5.41, 5.74) is 0.00986. The van der Waals surface area contributed by atoms with Crippen molar-refractivity contribution in [3.63, 3.8) is 0 Å². The van der Waals surface area contributed by atoms with Crippen LogP contribution in [0, 0.1) is 11.3 Å². The normalized spacial score (nSPS) is 34.6. The zero-order chi connectivity index (χ0) is 14.7. The number of aliphatic hydroxyl groups is 1. The van der Waals surface area contributed by atoms with Gasteiger partial charge in [-0.25, -0.2) is 0 Å². The van der Waals surface area contributed by atoms with E-state index < -0.39 is 0 Å². The van der Waals surface area contributed by atoms with Gasteiger partial charge in [0.2, 0.25) is 0 Å². The summed E-state index contributed by atoms with van der Waals surface area (Å²) in [5.74, 6) is 0.919. The van der Waals surface area contributed by atoms with Gasteiger partial charge in [-0.05, 0) is 44.7 Å². The number of rotatable bonds is 5. The zero-order valence-electron chi connectivity index (χ0n) is 13.5. The minimum atomic E-state index is 0.00986. The number of nitrogens with zero attached hydrogens (tertiary/aromatic N) is 1. The minimum absolute atomic E-state index is 0.00986. The summed E-state index contributed by atoms with van der Waals surface area (Å²) in [6.45, 7) is 7.50. The van der Waals surface area contributed by atoms with Crippen molar-refractivity contribution in [2.75, 3.05) is 39.5 Å². The van der Waals surface area contributed by atoms with E-state index in [9.17, 15) is 5.11 Å². The fourth-order valence-electron chi connectivity index (χ4n) is 4.20. The summed E-state index contributed by atoms with van der Waals surface area (Å²) in [5, 5.41) is 13.2. The molecule has 3 rings (SSSR count). The van der Waals surface area contributed by atoms with E-state index in [0.29, 0.717) is 6.04 Å². The third-order valence-corrected chi connectivity index (χ3v) is 5.87. The van der Waals surface area contributed by atoms with E-state index in [1.807, 2.05) is 0 Å². The molecule has 4 heteroatoms. The molecule has 0 amide bonds. The topological polar surface area (TPSA) is 44.7 Å². The molecule has 3 aliphatic rings. The molecule has 21 heavy (non-hydrogen) atoms. The zero-order valence-corrected chi connectivity index (χ0v) is 13.5. The van der Waals surface area contributed by atoms with E-state index in [4.69, 9.17) is 4.74 Å². The molecule has 1 aliphatic carbocycles. The number of piperidine rings is 1. The average Bonchev–Trinajstić information content (AvgIpc) is 2.47. The molecule has 2 unspecified atom stereocenters. The van der Waals surface area contributed by atoms with Crippen molar-refractivity contribution in [2.45, 2.75) is 57.5 Å². The van der Waals surface area contributed by atoms with Gasteiger partial charge in [0.05, 0.1) is 25.2 Å². The molecule has 2 saturated heterocycles. The maximum atomic E-state index is 9.47. The second-order valence-corrected chi connectivity index (χ2v) is 7.77. The highest BCUT2D eigenvalue weighted by Gasteiger charge is 2.38. The third-order valence-electron chi connectivity index (χ3n) is 5.87. The van der Waals surface area contributed by atoms with Gasteiger partial charge in [-0.3, -0.25) is 0 Å². The highest BCUT2D eigenvalue weighted by atomic mass is 16.5. The van der Waals surface area contributed by atoms with Crippen molar-refractivity contribution >= 4 is 0 Å². The van der Waals surface area contributed by atoms with Gasteiger partial charge in [-0.1, -0.05) is 19.8 Å². The Morgan fingerprint density at radius 3 is 2.52 bits per heavy atom. The molecule has 2 aliphatic heterocycles. The molecule has 3 fully saturated rings. The molecule has 0 bridgehead atoms. The van der Waals surface area contributed by atoms with Crippen molar-refractivity contribution in [1.29, 1.82) is 0 Å². The highest BCUT2D eigenvalue weighted by Crippen LogP contribution is 2.30. The standard InChI is InChI=1S/C17H32N2O2/c1-14-3-2-4-16(9-14)19-7-5-15(6-8-19)18-10-17(11-20)12-21-13-17/h14-16,18,20H,2-13H2,1H3. The molecule has 4 nitrogen and oxygen atoms in total. The summed E-state index contributed by atoms with van der Waals surface area (Å²) in [7, 11) is 0. The molecule has 2 atom stereocenters. The van der Waals surface area contributed by atoms with Crippen LogP contribution in [-0.2, 0) is 4.74 Å². The summed E-state index contributed by atoms with van der Waals surface area (Å²) in [6.07, 6.45) is 8.18. The highest BCUT2D eigenvalue weighted by molar-refractivity contribution is 4.90. The van der Waals surface area contributed by atoms with Gasteiger partial charge in [0, 0.05) is 18.6 Å². The first-order valence-electron chi connectivity index (χ1n) is 8.87. The number of aliphatic hydroxyl groups excluding tert-OH is 1. The van der Waals surface area contributed by atoms with E-state index >= 15 is 0 Å². The van der Waals surface area contributed by atoms with Crippen molar-refractivity contribution in [1.82, 2.24) is 10.2 Å².